The van der Waals surface area contributed by atoms with Gasteiger partial charge in [-0.05, 0) is 67.6 Å². The van der Waals surface area contributed by atoms with Crippen molar-refractivity contribution in [3.05, 3.63) is 22.2 Å². The summed E-state index contributed by atoms with van der Waals surface area (Å²) in [4.78, 5) is 12.5. The number of nitrogen functional groups attached to an aromatic ring is 1. The Balaban J connectivity index is 1.52. The van der Waals surface area contributed by atoms with Crippen molar-refractivity contribution in [2.75, 3.05) is 11.1 Å². The normalized spacial score (nSPS) is 36.8. The molecule has 20 heavy (non-hydrogen) atoms. The van der Waals surface area contributed by atoms with E-state index >= 15 is 0 Å². The molecule has 4 atom stereocenters. The number of hydrogen-bond donors (Lipinski definition) is 2. The molecule has 0 aromatic heterocycles. The van der Waals surface area contributed by atoms with Gasteiger partial charge in [0.25, 0.3) is 0 Å². The summed E-state index contributed by atoms with van der Waals surface area (Å²) in [5.74, 6) is 3.43. The van der Waals surface area contributed by atoms with Gasteiger partial charge in [-0.3, -0.25) is 4.79 Å². The number of nitrogens with two attached hydrogens (primary N) is 1. The third kappa shape index (κ3) is 1.73. The lowest BCUT2D eigenvalue weighted by molar-refractivity contribution is -0.118. The van der Waals surface area contributed by atoms with Gasteiger partial charge in [0.2, 0.25) is 5.91 Å². The fourth-order valence-corrected chi connectivity index (χ4v) is 5.41. The van der Waals surface area contributed by atoms with E-state index in [1.165, 1.54) is 19.3 Å². The van der Waals surface area contributed by atoms with E-state index in [2.05, 4.69) is 21.2 Å². The maximum atomic E-state index is 12.5. The molecule has 0 radical (unpaired) electrons. The lowest BCUT2D eigenvalue weighted by Crippen LogP contribution is -2.20. The number of rotatable bonds is 2. The van der Waals surface area contributed by atoms with Gasteiger partial charge in [-0.25, -0.2) is 0 Å². The van der Waals surface area contributed by atoms with E-state index in [0.29, 0.717) is 17.5 Å². The molecule has 4 unspecified atom stereocenters. The highest BCUT2D eigenvalue weighted by Crippen LogP contribution is 2.69. The molecule has 1 amide bonds. The van der Waals surface area contributed by atoms with E-state index in [0.717, 1.165) is 27.6 Å². The second kappa shape index (κ2) is 4.23. The van der Waals surface area contributed by atoms with Gasteiger partial charge in [0.1, 0.15) is 0 Å². The van der Waals surface area contributed by atoms with Crippen LogP contribution >= 0.6 is 15.9 Å². The van der Waals surface area contributed by atoms with Crippen molar-refractivity contribution in [3.8, 4) is 0 Å². The van der Waals surface area contributed by atoms with Gasteiger partial charge in [0, 0.05) is 10.4 Å². The number of benzene rings is 1. The molecule has 0 spiro atoms. The van der Waals surface area contributed by atoms with Crippen molar-refractivity contribution < 1.29 is 4.79 Å². The molecule has 3 nitrogen and oxygen atoms in total. The summed E-state index contributed by atoms with van der Waals surface area (Å²) in [6.07, 6.45) is 4.06. The van der Waals surface area contributed by atoms with E-state index < -0.39 is 0 Å². The average Bonchev–Trinajstić information content (AvgIpc) is 2.82. The molecule has 3 aliphatic rings. The highest BCUT2D eigenvalue weighted by Gasteiger charge is 2.67. The Morgan fingerprint density at radius 3 is 2.55 bits per heavy atom. The minimum absolute atomic E-state index is 0.189. The first-order chi connectivity index (χ1) is 9.56. The predicted octanol–water partition coefficient (Wildman–Crippen LogP) is 3.57. The Bertz CT molecular complexity index is 561. The van der Waals surface area contributed by atoms with Gasteiger partial charge in [-0.2, -0.15) is 0 Å². The van der Waals surface area contributed by atoms with Gasteiger partial charge in [-0.15, -0.1) is 0 Å². The Kier molecular flexibility index (Phi) is 2.69. The number of carbonyl (C=O) groups excluding carboxylic acids is 1. The van der Waals surface area contributed by atoms with Crippen molar-refractivity contribution in [1.82, 2.24) is 0 Å². The molecule has 0 aliphatic heterocycles. The monoisotopic (exact) mass is 334 g/mol. The summed E-state index contributed by atoms with van der Waals surface area (Å²) in [5, 5.41) is 3.08. The van der Waals surface area contributed by atoms with Crippen LogP contribution in [0.25, 0.3) is 0 Å². The molecule has 4 heteroatoms. The number of anilines is 2. The summed E-state index contributed by atoms with van der Waals surface area (Å²) in [5.41, 5.74) is 8.47. The Labute approximate surface area is 127 Å². The van der Waals surface area contributed by atoms with Crippen LogP contribution in [0.15, 0.2) is 16.6 Å². The standard InChI is InChI=1S/C16H19BrN2O/c1-7-4-10(17)6-11(18)15(7)19-16(20)14-12-8-2-3-9(5-8)13(12)14/h4,6,8-9,12-14H,2-3,5,18H2,1H3,(H,19,20). The van der Waals surface area contributed by atoms with Crippen molar-refractivity contribution in [1.29, 1.82) is 0 Å². The maximum absolute atomic E-state index is 12.5. The van der Waals surface area contributed by atoms with E-state index in [1.807, 2.05) is 19.1 Å². The molecule has 1 aromatic carbocycles. The van der Waals surface area contributed by atoms with Crippen LogP contribution in [0.2, 0.25) is 0 Å². The molecule has 1 aromatic rings. The zero-order valence-corrected chi connectivity index (χ0v) is 13.1. The molecule has 3 fully saturated rings. The summed E-state index contributed by atoms with van der Waals surface area (Å²) >= 11 is 3.43. The van der Waals surface area contributed by atoms with Gasteiger partial charge >= 0.3 is 0 Å². The van der Waals surface area contributed by atoms with Crippen molar-refractivity contribution in [3.63, 3.8) is 0 Å². The van der Waals surface area contributed by atoms with E-state index in [1.54, 1.807) is 0 Å². The molecule has 3 aliphatic carbocycles. The number of halogens is 1. The maximum Gasteiger partial charge on any atom is 0.228 e. The fourth-order valence-electron chi connectivity index (χ4n) is 4.82. The van der Waals surface area contributed by atoms with Crippen LogP contribution in [-0.2, 0) is 4.79 Å². The van der Waals surface area contributed by atoms with Gasteiger partial charge in [-0.1, -0.05) is 15.9 Å². The molecule has 3 saturated carbocycles. The zero-order chi connectivity index (χ0) is 14.0. The van der Waals surface area contributed by atoms with Crippen LogP contribution in [0.5, 0.6) is 0 Å². The Morgan fingerprint density at radius 2 is 1.95 bits per heavy atom. The highest BCUT2D eigenvalue weighted by molar-refractivity contribution is 9.10. The van der Waals surface area contributed by atoms with E-state index in [-0.39, 0.29) is 11.8 Å². The lowest BCUT2D eigenvalue weighted by Gasteiger charge is -2.14. The number of fused-ring (bicyclic) bond motifs is 5. The zero-order valence-electron chi connectivity index (χ0n) is 11.5. The SMILES string of the molecule is Cc1cc(Br)cc(N)c1NC(=O)C1C2C3CCC(C3)C12. The number of hydrogen-bond acceptors (Lipinski definition) is 2. The highest BCUT2D eigenvalue weighted by atomic mass is 79.9. The minimum Gasteiger partial charge on any atom is -0.397 e. The number of aryl methyl sites for hydroxylation is 1. The topological polar surface area (TPSA) is 55.1 Å². The second-order valence-electron chi connectivity index (χ2n) is 6.69. The van der Waals surface area contributed by atoms with Crippen LogP contribution in [-0.4, -0.2) is 5.91 Å². The smallest absolute Gasteiger partial charge is 0.228 e. The van der Waals surface area contributed by atoms with Gasteiger partial charge in [0.15, 0.2) is 0 Å². The molecular weight excluding hydrogens is 316 g/mol. The van der Waals surface area contributed by atoms with Crippen molar-refractivity contribution in [2.24, 2.45) is 29.6 Å². The van der Waals surface area contributed by atoms with E-state index in [9.17, 15) is 4.79 Å². The first-order valence-corrected chi connectivity index (χ1v) is 8.22. The quantitative estimate of drug-likeness (QED) is 0.812. The third-order valence-electron chi connectivity index (χ3n) is 5.62. The molecular formula is C16H19BrN2O. The second-order valence-corrected chi connectivity index (χ2v) is 7.61. The third-order valence-corrected chi connectivity index (χ3v) is 6.07. The van der Waals surface area contributed by atoms with Crippen LogP contribution < -0.4 is 11.1 Å². The van der Waals surface area contributed by atoms with Crippen LogP contribution in [0.1, 0.15) is 24.8 Å². The van der Waals surface area contributed by atoms with Crippen molar-refractivity contribution >= 4 is 33.2 Å². The van der Waals surface area contributed by atoms with Crippen molar-refractivity contribution in [2.45, 2.75) is 26.2 Å². The first-order valence-electron chi connectivity index (χ1n) is 7.42. The van der Waals surface area contributed by atoms with Crippen LogP contribution in [0.3, 0.4) is 0 Å². The molecule has 106 valence electrons. The average molecular weight is 335 g/mol. The Hall–Kier alpha value is -1.03. The summed E-state index contributed by atoms with van der Waals surface area (Å²) in [7, 11) is 0. The number of amides is 1. The van der Waals surface area contributed by atoms with Crippen LogP contribution in [0.4, 0.5) is 11.4 Å². The van der Waals surface area contributed by atoms with E-state index in [4.69, 9.17) is 5.73 Å². The Morgan fingerprint density at radius 1 is 1.30 bits per heavy atom. The lowest BCUT2D eigenvalue weighted by atomic mass is 10.0. The van der Waals surface area contributed by atoms with Gasteiger partial charge < -0.3 is 11.1 Å². The largest absolute Gasteiger partial charge is 0.397 e. The molecule has 0 heterocycles. The fraction of sp³-hybridized carbons (Fsp3) is 0.562. The molecule has 4 rings (SSSR count). The molecule has 2 bridgehead atoms. The van der Waals surface area contributed by atoms with Crippen LogP contribution in [0, 0.1) is 36.5 Å². The first kappa shape index (κ1) is 12.7. The molecule has 3 N–H and O–H groups in total. The predicted molar refractivity (Wildman–Crippen MR) is 83.2 cm³/mol. The summed E-state index contributed by atoms with van der Waals surface area (Å²) in [6.45, 7) is 1.98. The number of carbonyl (C=O) groups is 1. The van der Waals surface area contributed by atoms with Gasteiger partial charge in [0.05, 0.1) is 11.4 Å². The summed E-state index contributed by atoms with van der Waals surface area (Å²) in [6, 6.07) is 3.84. The minimum atomic E-state index is 0.189. The number of nitrogens with one attached hydrogen (secondary N) is 1. The molecule has 0 saturated heterocycles. The summed E-state index contributed by atoms with van der Waals surface area (Å²) < 4.78 is 0.951.